The fourth-order valence-electron chi connectivity index (χ4n) is 6.19. The molecule has 30 heavy (non-hydrogen) atoms. The number of rotatable bonds is 3. The first-order valence-electron chi connectivity index (χ1n) is 11.7. The molecule has 2 heterocycles. The molecule has 4 nitrogen and oxygen atoms in total. The molecular formula is C26H33N3O. The summed E-state index contributed by atoms with van der Waals surface area (Å²) >= 11 is 0. The van der Waals surface area contributed by atoms with Crippen molar-refractivity contribution in [2.24, 2.45) is 0 Å². The van der Waals surface area contributed by atoms with Crippen molar-refractivity contribution in [3.05, 3.63) is 66.2 Å². The summed E-state index contributed by atoms with van der Waals surface area (Å²) in [4.78, 5) is 18.1. The van der Waals surface area contributed by atoms with Crippen molar-refractivity contribution >= 4 is 11.6 Å². The Bertz CT molecular complexity index is 850. The predicted molar refractivity (Wildman–Crippen MR) is 121 cm³/mol. The van der Waals surface area contributed by atoms with E-state index in [1.165, 1.54) is 44.1 Å². The van der Waals surface area contributed by atoms with Gasteiger partial charge < -0.3 is 10.2 Å². The normalized spacial score (nSPS) is 23.9. The average molecular weight is 404 g/mol. The van der Waals surface area contributed by atoms with E-state index in [-0.39, 0.29) is 11.4 Å². The second-order valence-corrected chi connectivity index (χ2v) is 9.26. The van der Waals surface area contributed by atoms with Crippen LogP contribution >= 0.6 is 0 Å². The minimum absolute atomic E-state index is 0.131. The number of carbonyl (C=O) groups is 1. The molecule has 1 N–H and O–H groups in total. The second-order valence-electron chi connectivity index (χ2n) is 9.26. The van der Waals surface area contributed by atoms with Crippen LogP contribution in [0.4, 0.5) is 5.69 Å². The molecule has 3 aliphatic rings. The third-order valence-electron chi connectivity index (χ3n) is 7.84. The third kappa shape index (κ3) is 3.22. The molecule has 2 aliphatic heterocycles. The van der Waals surface area contributed by atoms with Gasteiger partial charge in [-0.2, -0.15) is 0 Å². The molecule has 0 bridgehead atoms. The maximum absolute atomic E-state index is 13.1. The van der Waals surface area contributed by atoms with Crippen molar-refractivity contribution in [2.75, 3.05) is 24.7 Å². The number of anilines is 1. The summed E-state index contributed by atoms with van der Waals surface area (Å²) in [5, 5.41) is 3.14. The van der Waals surface area contributed by atoms with Gasteiger partial charge in [-0.1, -0.05) is 74.2 Å². The van der Waals surface area contributed by atoms with Gasteiger partial charge in [-0.25, -0.2) is 0 Å². The average Bonchev–Trinajstić information content (AvgIpc) is 2.97. The van der Waals surface area contributed by atoms with E-state index < -0.39 is 5.54 Å². The molecule has 2 aromatic carbocycles. The Morgan fingerprint density at radius 3 is 1.93 bits per heavy atom. The fourth-order valence-corrected chi connectivity index (χ4v) is 6.19. The number of benzene rings is 2. The smallest absolute Gasteiger partial charge is 0.247 e. The standard InChI is InChI=1S/C26H33N3O/c30-24-26(29(21-27-24)23-13-7-4-8-14-23)17-19-28(20-18-26)25(15-9-1-2-10-16-25)22-11-5-3-6-12-22/h3-8,11-14H,1-2,9-10,15-21H2,(H,27,30). The van der Waals surface area contributed by atoms with Crippen molar-refractivity contribution in [1.82, 2.24) is 10.2 Å². The zero-order valence-electron chi connectivity index (χ0n) is 17.9. The lowest BCUT2D eigenvalue weighted by atomic mass is 9.77. The zero-order valence-corrected chi connectivity index (χ0v) is 17.9. The van der Waals surface area contributed by atoms with E-state index in [4.69, 9.17) is 0 Å². The van der Waals surface area contributed by atoms with Gasteiger partial charge >= 0.3 is 0 Å². The van der Waals surface area contributed by atoms with Crippen LogP contribution in [0.1, 0.15) is 56.9 Å². The van der Waals surface area contributed by atoms with Crippen molar-refractivity contribution in [3.8, 4) is 0 Å². The van der Waals surface area contributed by atoms with Gasteiger partial charge in [-0.05, 0) is 43.4 Å². The Kier molecular flexibility index (Phi) is 5.28. The molecule has 1 amide bonds. The number of amides is 1. The van der Waals surface area contributed by atoms with E-state index in [2.05, 4.69) is 69.7 Å². The number of nitrogens with zero attached hydrogens (tertiary/aromatic N) is 2. The summed E-state index contributed by atoms with van der Waals surface area (Å²) in [6.45, 7) is 2.57. The Balaban J connectivity index is 1.43. The Morgan fingerprint density at radius 2 is 1.30 bits per heavy atom. The molecule has 0 unspecified atom stereocenters. The number of likely N-dealkylation sites (tertiary alicyclic amines) is 1. The molecule has 1 saturated carbocycles. The van der Waals surface area contributed by atoms with Gasteiger partial charge in [0.25, 0.3) is 0 Å². The number of hydrogen-bond donors (Lipinski definition) is 1. The zero-order chi connectivity index (χ0) is 20.4. The van der Waals surface area contributed by atoms with E-state index in [1.807, 2.05) is 6.07 Å². The molecule has 0 radical (unpaired) electrons. The molecule has 3 fully saturated rings. The number of nitrogens with one attached hydrogen (secondary N) is 1. The van der Waals surface area contributed by atoms with Crippen molar-refractivity contribution in [2.45, 2.75) is 62.4 Å². The highest BCUT2D eigenvalue weighted by molar-refractivity contribution is 5.93. The van der Waals surface area contributed by atoms with Crippen LogP contribution in [0.2, 0.25) is 0 Å². The van der Waals surface area contributed by atoms with Crippen LogP contribution in [-0.4, -0.2) is 36.1 Å². The lowest BCUT2D eigenvalue weighted by molar-refractivity contribution is -0.126. The molecule has 158 valence electrons. The molecular weight excluding hydrogens is 370 g/mol. The van der Waals surface area contributed by atoms with E-state index >= 15 is 0 Å². The van der Waals surface area contributed by atoms with Crippen LogP contribution in [0.3, 0.4) is 0 Å². The molecule has 1 aliphatic carbocycles. The van der Waals surface area contributed by atoms with Gasteiger partial charge in [0, 0.05) is 24.3 Å². The first kappa shape index (κ1) is 19.6. The summed E-state index contributed by atoms with van der Waals surface area (Å²) in [5.41, 5.74) is 2.35. The van der Waals surface area contributed by atoms with Crippen molar-refractivity contribution in [1.29, 1.82) is 0 Å². The molecule has 2 aromatic rings. The monoisotopic (exact) mass is 403 g/mol. The molecule has 0 aromatic heterocycles. The van der Waals surface area contributed by atoms with Gasteiger partial charge in [0.15, 0.2) is 0 Å². The first-order chi connectivity index (χ1) is 14.7. The van der Waals surface area contributed by atoms with E-state index in [0.717, 1.165) is 31.6 Å². The fraction of sp³-hybridized carbons (Fsp3) is 0.500. The summed E-state index contributed by atoms with van der Waals surface area (Å²) in [6, 6.07) is 21.6. The Labute approximate surface area is 180 Å². The van der Waals surface area contributed by atoms with Gasteiger partial charge in [0.05, 0.1) is 6.67 Å². The number of hydrogen-bond acceptors (Lipinski definition) is 3. The maximum atomic E-state index is 13.1. The largest absolute Gasteiger partial charge is 0.339 e. The van der Waals surface area contributed by atoms with Crippen LogP contribution in [0, 0.1) is 0 Å². The minimum atomic E-state index is -0.402. The highest BCUT2D eigenvalue weighted by Crippen LogP contribution is 2.45. The third-order valence-corrected chi connectivity index (χ3v) is 7.84. The number of carbonyl (C=O) groups excluding carboxylic acids is 1. The second kappa shape index (κ2) is 8.07. The Morgan fingerprint density at radius 1 is 0.700 bits per heavy atom. The highest BCUT2D eigenvalue weighted by atomic mass is 16.2. The summed E-state index contributed by atoms with van der Waals surface area (Å²) in [5.74, 6) is 0.209. The Hall–Kier alpha value is -2.33. The van der Waals surface area contributed by atoms with E-state index in [0.29, 0.717) is 6.67 Å². The molecule has 1 spiro atoms. The van der Waals surface area contributed by atoms with Crippen LogP contribution in [0.15, 0.2) is 60.7 Å². The van der Waals surface area contributed by atoms with Crippen molar-refractivity contribution in [3.63, 3.8) is 0 Å². The van der Waals surface area contributed by atoms with Crippen LogP contribution < -0.4 is 10.2 Å². The predicted octanol–water partition coefficient (Wildman–Crippen LogP) is 4.66. The maximum Gasteiger partial charge on any atom is 0.247 e. The quantitative estimate of drug-likeness (QED) is 0.757. The minimum Gasteiger partial charge on any atom is -0.339 e. The summed E-state index contributed by atoms with van der Waals surface area (Å²) < 4.78 is 0. The first-order valence-corrected chi connectivity index (χ1v) is 11.7. The SMILES string of the molecule is O=C1NCN(c2ccccc2)C12CCN(C1(c3ccccc3)CCCCCC1)CC2. The van der Waals surface area contributed by atoms with Gasteiger partial charge in [0.1, 0.15) is 5.54 Å². The highest BCUT2D eigenvalue weighted by Gasteiger charge is 2.52. The summed E-state index contributed by atoms with van der Waals surface area (Å²) in [6.07, 6.45) is 9.54. The molecule has 5 rings (SSSR count). The van der Waals surface area contributed by atoms with E-state index in [9.17, 15) is 4.79 Å². The van der Waals surface area contributed by atoms with Crippen molar-refractivity contribution < 1.29 is 4.79 Å². The van der Waals surface area contributed by atoms with E-state index in [1.54, 1.807) is 0 Å². The molecule has 2 saturated heterocycles. The summed E-state index contributed by atoms with van der Waals surface area (Å²) in [7, 11) is 0. The number of piperidine rings is 1. The van der Waals surface area contributed by atoms with Crippen LogP contribution in [-0.2, 0) is 10.3 Å². The topological polar surface area (TPSA) is 35.6 Å². The molecule has 4 heteroatoms. The van der Waals surface area contributed by atoms with Gasteiger partial charge in [-0.3, -0.25) is 9.69 Å². The van der Waals surface area contributed by atoms with Gasteiger partial charge in [0.2, 0.25) is 5.91 Å². The van der Waals surface area contributed by atoms with Gasteiger partial charge in [-0.15, -0.1) is 0 Å². The van der Waals surface area contributed by atoms with Crippen LogP contribution in [0.25, 0.3) is 0 Å². The lowest BCUT2D eigenvalue weighted by Crippen LogP contribution is -2.60. The molecule has 0 atom stereocenters. The number of para-hydroxylation sites is 1. The van der Waals surface area contributed by atoms with Crippen LogP contribution in [0.5, 0.6) is 0 Å². The lowest BCUT2D eigenvalue weighted by Gasteiger charge is -2.51.